The Hall–Kier alpha value is -2.14. The van der Waals surface area contributed by atoms with E-state index in [-0.39, 0.29) is 11.3 Å². The number of rotatable bonds is 2. The van der Waals surface area contributed by atoms with Gasteiger partial charge in [0.25, 0.3) is 0 Å². The van der Waals surface area contributed by atoms with E-state index in [0.717, 1.165) is 18.5 Å². The fourth-order valence-corrected chi connectivity index (χ4v) is 2.86. The van der Waals surface area contributed by atoms with E-state index >= 15 is 0 Å². The first-order chi connectivity index (χ1) is 9.24. The van der Waals surface area contributed by atoms with Crippen molar-refractivity contribution in [2.24, 2.45) is 4.99 Å². The molecule has 0 unspecified atom stereocenters. The van der Waals surface area contributed by atoms with Gasteiger partial charge in [0.2, 0.25) is 0 Å². The molecule has 1 aliphatic rings. The van der Waals surface area contributed by atoms with E-state index in [1.54, 1.807) is 24.4 Å². The average molecular weight is 273 g/mol. The van der Waals surface area contributed by atoms with Crippen LogP contribution in [0, 0.1) is 0 Å². The van der Waals surface area contributed by atoms with Crippen LogP contribution in [0.15, 0.2) is 35.3 Å². The Kier molecular flexibility index (Phi) is 3.05. The summed E-state index contributed by atoms with van der Waals surface area (Å²) in [5, 5.41) is 10.1. The summed E-state index contributed by atoms with van der Waals surface area (Å²) in [7, 11) is 0. The summed E-state index contributed by atoms with van der Waals surface area (Å²) in [5.74, 6) is -0.621. The van der Waals surface area contributed by atoms with Crippen LogP contribution >= 0.6 is 11.3 Å². The van der Waals surface area contributed by atoms with Gasteiger partial charge < -0.3 is 9.84 Å². The molecule has 0 atom stereocenters. The van der Waals surface area contributed by atoms with Crippen LogP contribution in [-0.2, 0) is 6.42 Å². The van der Waals surface area contributed by atoms with Crippen LogP contribution in [0.25, 0.3) is 0 Å². The van der Waals surface area contributed by atoms with E-state index in [0.29, 0.717) is 5.06 Å². The molecule has 2 heterocycles. The van der Waals surface area contributed by atoms with Gasteiger partial charge in [-0.25, -0.2) is 4.79 Å². The van der Waals surface area contributed by atoms with Crippen LogP contribution < -0.4 is 4.74 Å². The lowest BCUT2D eigenvalue weighted by Crippen LogP contribution is -2.07. The Balaban J connectivity index is 1.82. The first-order valence-corrected chi connectivity index (χ1v) is 6.68. The van der Waals surface area contributed by atoms with Crippen molar-refractivity contribution in [1.82, 2.24) is 0 Å². The molecule has 19 heavy (non-hydrogen) atoms. The first kappa shape index (κ1) is 11.9. The second kappa shape index (κ2) is 4.85. The number of hydrogen-bond acceptors (Lipinski definition) is 5. The van der Waals surface area contributed by atoms with Crippen molar-refractivity contribution in [1.29, 1.82) is 0 Å². The average Bonchev–Trinajstić information content (AvgIpc) is 2.81. The van der Waals surface area contributed by atoms with Crippen molar-refractivity contribution in [3.63, 3.8) is 0 Å². The van der Waals surface area contributed by atoms with E-state index in [1.165, 1.54) is 28.3 Å². The predicted molar refractivity (Wildman–Crippen MR) is 73.5 cm³/mol. The second-order valence-corrected chi connectivity index (χ2v) is 5.24. The zero-order valence-electron chi connectivity index (χ0n) is 10.00. The van der Waals surface area contributed by atoms with Crippen molar-refractivity contribution in [2.75, 3.05) is 6.54 Å². The lowest BCUT2D eigenvalue weighted by molar-refractivity contribution is 0.0737. The maximum absolute atomic E-state index is 11.9. The first-order valence-electron chi connectivity index (χ1n) is 5.87. The molecule has 0 bridgehead atoms. The maximum atomic E-state index is 11.9. The van der Waals surface area contributed by atoms with E-state index in [2.05, 4.69) is 4.99 Å². The monoisotopic (exact) mass is 273 g/mol. The number of benzene rings is 1. The maximum Gasteiger partial charge on any atom is 0.348 e. The quantitative estimate of drug-likeness (QED) is 0.856. The summed E-state index contributed by atoms with van der Waals surface area (Å²) in [6.07, 6.45) is 2.68. The number of carbonyl (C=O) groups is 1. The van der Waals surface area contributed by atoms with Crippen LogP contribution in [0.2, 0.25) is 0 Å². The highest BCUT2D eigenvalue weighted by atomic mass is 32.1. The number of para-hydroxylation sites is 1. The van der Waals surface area contributed by atoms with Gasteiger partial charge in [0.15, 0.2) is 5.06 Å². The summed E-state index contributed by atoms with van der Waals surface area (Å²) in [4.78, 5) is 17.3. The molecule has 96 valence electrons. The number of phenolic OH excluding ortho intramolecular Hbond substituents is 1. The van der Waals surface area contributed by atoms with Gasteiger partial charge in [0.1, 0.15) is 11.3 Å². The van der Waals surface area contributed by atoms with Gasteiger partial charge in [-0.1, -0.05) is 12.1 Å². The zero-order valence-corrected chi connectivity index (χ0v) is 10.8. The zero-order chi connectivity index (χ0) is 13.2. The van der Waals surface area contributed by atoms with Crippen molar-refractivity contribution in [3.8, 4) is 10.8 Å². The molecule has 1 N–H and O–H groups in total. The third kappa shape index (κ3) is 2.37. The van der Waals surface area contributed by atoms with E-state index < -0.39 is 5.97 Å². The summed E-state index contributed by atoms with van der Waals surface area (Å²) in [6, 6.07) is 8.14. The Morgan fingerprint density at radius 2 is 2.21 bits per heavy atom. The number of ether oxygens (including phenoxy) is 1. The van der Waals surface area contributed by atoms with Gasteiger partial charge in [0, 0.05) is 35.7 Å². The molecule has 1 aliphatic heterocycles. The predicted octanol–water partition coefficient (Wildman–Crippen LogP) is 2.65. The smallest absolute Gasteiger partial charge is 0.348 e. The molecular weight excluding hydrogens is 262 g/mol. The largest absolute Gasteiger partial charge is 0.507 e. The van der Waals surface area contributed by atoms with E-state index in [9.17, 15) is 9.90 Å². The van der Waals surface area contributed by atoms with Crippen molar-refractivity contribution < 1.29 is 14.6 Å². The molecule has 1 aromatic heterocycles. The van der Waals surface area contributed by atoms with Crippen molar-refractivity contribution in [3.05, 3.63) is 46.3 Å². The minimum atomic E-state index is -0.548. The second-order valence-electron chi connectivity index (χ2n) is 4.14. The van der Waals surface area contributed by atoms with Gasteiger partial charge in [-0.05, 0) is 12.1 Å². The molecule has 0 saturated heterocycles. The lowest BCUT2D eigenvalue weighted by atomic mass is 10.2. The topological polar surface area (TPSA) is 58.9 Å². The molecule has 0 spiro atoms. The highest BCUT2D eigenvalue weighted by Crippen LogP contribution is 2.31. The van der Waals surface area contributed by atoms with Crippen LogP contribution in [0.1, 0.15) is 20.8 Å². The van der Waals surface area contributed by atoms with Crippen LogP contribution in [0.5, 0.6) is 10.8 Å². The Morgan fingerprint density at radius 3 is 3.00 bits per heavy atom. The van der Waals surface area contributed by atoms with Crippen molar-refractivity contribution in [2.45, 2.75) is 6.42 Å². The number of hydrogen-bond donors (Lipinski definition) is 1. The van der Waals surface area contributed by atoms with Crippen LogP contribution in [0.3, 0.4) is 0 Å². The Morgan fingerprint density at radius 1 is 1.37 bits per heavy atom. The Bertz CT molecular complexity index is 660. The number of phenols is 1. The van der Waals surface area contributed by atoms with E-state index in [4.69, 9.17) is 4.74 Å². The van der Waals surface area contributed by atoms with Crippen molar-refractivity contribution >= 4 is 23.5 Å². The standard InChI is InChI=1S/C14H11NO3S/c16-11-4-2-1-3-10(11)14(17)18-13-7-9-8-15-6-5-12(9)19-13/h1-4,7-8,16H,5-6H2. The van der Waals surface area contributed by atoms with Gasteiger partial charge in [0.05, 0.1) is 0 Å². The molecular formula is C14H11NO3S. The number of aliphatic imine (C=N–C) groups is 1. The fraction of sp³-hybridized carbons (Fsp3) is 0.143. The number of fused-ring (bicyclic) bond motifs is 1. The molecule has 5 heteroatoms. The molecule has 3 rings (SSSR count). The summed E-state index contributed by atoms with van der Waals surface area (Å²) >= 11 is 1.45. The fourth-order valence-electron chi connectivity index (χ4n) is 1.89. The molecule has 0 fully saturated rings. The van der Waals surface area contributed by atoms with Gasteiger partial charge >= 0.3 is 5.97 Å². The normalized spacial score (nSPS) is 13.1. The van der Waals surface area contributed by atoms with Gasteiger partial charge in [-0.2, -0.15) is 0 Å². The third-order valence-electron chi connectivity index (χ3n) is 2.83. The number of carbonyl (C=O) groups excluding carboxylic acids is 1. The van der Waals surface area contributed by atoms with Crippen LogP contribution in [0.4, 0.5) is 0 Å². The minimum absolute atomic E-state index is 0.0737. The number of thiophene rings is 1. The number of aromatic hydroxyl groups is 1. The highest BCUT2D eigenvalue weighted by Gasteiger charge is 2.16. The number of esters is 1. The summed E-state index contributed by atoms with van der Waals surface area (Å²) in [5.41, 5.74) is 1.18. The molecule has 1 aromatic carbocycles. The molecule has 0 aliphatic carbocycles. The molecule has 0 amide bonds. The number of nitrogens with zero attached hydrogens (tertiary/aromatic N) is 1. The highest BCUT2D eigenvalue weighted by molar-refractivity contribution is 7.14. The lowest BCUT2D eigenvalue weighted by Gasteiger charge is -2.03. The van der Waals surface area contributed by atoms with Gasteiger partial charge in [-0.15, -0.1) is 11.3 Å². The Labute approximate surface area is 114 Å². The SMILES string of the molecule is O=C(Oc1cc2c(s1)CCN=C2)c1ccccc1O. The minimum Gasteiger partial charge on any atom is -0.507 e. The molecule has 0 saturated carbocycles. The molecule has 2 aromatic rings. The van der Waals surface area contributed by atoms with E-state index in [1.807, 2.05) is 0 Å². The third-order valence-corrected chi connectivity index (χ3v) is 3.92. The molecule has 4 nitrogen and oxygen atoms in total. The van der Waals surface area contributed by atoms with Gasteiger partial charge in [-0.3, -0.25) is 4.99 Å². The summed E-state index contributed by atoms with van der Waals surface area (Å²) < 4.78 is 5.29. The van der Waals surface area contributed by atoms with Crippen LogP contribution in [-0.4, -0.2) is 23.8 Å². The summed E-state index contributed by atoms with van der Waals surface area (Å²) in [6.45, 7) is 0.778. The molecule has 0 radical (unpaired) electrons.